The lowest BCUT2D eigenvalue weighted by atomic mass is 9.95. The minimum Gasteiger partial charge on any atom is -0.398 e. The van der Waals surface area contributed by atoms with Crippen LogP contribution in [0.4, 0.5) is 10.1 Å². The van der Waals surface area contributed by atoms with Gasteiger partial charge in [-0.1, -0.05) is 32.0 Å². The Morgan fingerprint density at radius 2 is 1.68 bits per heavy atom. The van der Waals surface area contributed by atoms with Gasteiger partial charge in [-0.15, -0.1) is 0 Å². The zero-order valence-electron chi connectivity index (χ0n) is 11.8. The van der Waals surface area contributed by atoms with Gasteiger partial charge < -0.3 is 5.73 Å². The largest absolute Gasteiger partial charge is 0.398 e. The number of aryl methyl sites for hydroxylation is 3. The number of nitrogen functional groups attached to an aromatic ring is 1. The van der Waals surface area contributed by atoms with Crippen LogP contribution < -0.4 is 5.73 Å². The Morgan fingerprint density at radius 3 is 2.32 bits per heavy atom. The molecular weight excluding hydrogens is 237 g/mol. The molecule has 2 rings (SSSR count). The van der Waals surface area contributed by atoms with Gasteiger partial charge in [0.1, 0.15) is 5.82 Å². The third-order valence-electron chi connectivity index (χ3n) is 3.63. The van der Waals surface area contributed by atoms with Crippen LogP contribution in [0.5, 0.6) is 0 Å². The lowest BCUT2D eigenvalue weighted by Crippen LogP contribution is -1.96. The molecule has 0 aliphatic rings. The smallest absolute Gasteiger partial charge is 0.131 e. The van der Waals surface area contributed by atoms with Crippen LogP contribution in [0.15, 0.2) is 30.3 Å². The first kappa shape index (κ1) is 13.6. The molecule has 0 aromatic heterocycles. The van der Waals surface area contributed by atoms with Crippen LogP contribution in [0.1, 0.15) is 30.5 Å². The van der Waals surface area contributed by atoms with E-state index in [9.17, 15) is 4.39 Å². The highest BCUT2D eigenvalue weighted by atomic mass is 19.1. The molecule has 0 radical (unpaired) electrons. The molecule has 0 spiro atoms. The molecule has 0 saturated heterocycles. The van der Waals surface area contributed by atoms with E-state index in [-0.39, 0.29) is 5.82 Å². The van der Waals surface area contributed by atoms with Crippen molar-refractivity contribution in [3.05, 3.63) is 52.8 Å². The van der Waals surface area contributed by atoms with Crippen LogP contribution >= 0.6 is 0 Å². The third-order valence-corrected chi connectivity index (χ3v) is 3.63. The van der Waals surface area contributed by atoms with Crippen LogP contribution in [0.25, 0.3) is 11.1 Å². The van der Waals surface area contributed by atoms with E-state index < -0.39 is 0 Å². The molecule has 2 aromatic rings. The summed E-state index contributed by atoms with van der Waals surface area (Å²) >= 11 is 0. The second-order valence-electron chi connectivity index (χ2n) is 4.88. The van der Waals surface area contributed by atoms with Crippen LogP contribution in [0.2, 0.25) is 0 Å². The molecule has 2 heteroatoms. The topological polar surface area (TPSA) is 26.0 Å². The normalized spacial score (nSPS) is 10.7. The van der Waals surface area contributed by atoms with Crippen LogP contribution in [-0.4, -0.2) is 0 Å². The van der Waals surface area contributed by atoms with E-state index in [4.69, 9.17) is 5.73 Å². The maximum absolute atomic E-state index is 14.1. The summed E-state index contributed by atoms with van der Waals surface area (Å²) in [6, 6.07) is 9.37. The summed E-state index contributed by atoms with van der Waals surface area (Å²) in [7, 11) is 0. The minimum absolute atomic E-state index is 0.210. The molecule has 0 bridgehead atoms. The van der Waals surface area contributed by atoms with Gasteiger partial charge in [0, 0.05) is 11.3 Å². The van der Waals surface area contributed by atoms with E-state index >= 15 is 0 Å². The van der Waals surface area contributed by atoms with Gasteiger partial charge in [0.2, 0.25) is 0 Å². The van der Waals surface area contributed by atoms with Crippen molar-refractivity contribution in [1.82, 2.24) is 0 Å². The Hall–Kier alpha value is -1.83. The van der Waals surface area contributed by atoms with Gasteiger partial charge in [-0.2, -0.15) is 0 Å². The zero-order chi connectivity index (χ0) is 14.0. The third kappa shape index (κ3) is 2.62. The predicted octanol–water partition coefficient (Wildman–Crippen LogP) is 4.51. The second-order valence-corrected chi connectivity index (χ2v) is 4.88. The Balaban J connectivity index is 2.56. The highest BCUT2D eigenvalue weighted by Gasteiger charge is 2.09. The van der Waals surface area contributed by atoms with E-state index in [2.05, 4.69) is 26.0 Å². The van der Waals surface area contributed by atoms with Crippen molar-refractivity contribution in [3.63, 3.8) is 0 Å². The average molecular weight is 257 g/mol. The molecule has 2 N–H and O–H groups in total. The molecule has 0 saturated carbocycles. The van der Waals surface area contributed by atoms with E-state index in [1.54, 1.807) is 6.07 Å². The lowest BCUT2D eigenvalue weighted by Gasteiger charge is -2.11. The number of rotatable bonds is 3. The van der Waals surface area contributed by atoms with Crippen molar-refractivity contribution in [3.8, 4) is 11.1 Å². The number of anilines is 1. The fraction of sp³-hybridized carbons (Fsp3) is 0.294. The number of hydrogen-bond donors (Lipinski definition) is 1. The van der Waals surface area contributed by atoms with Gasteiger partial charge >= 0.3 is 0 Å². The fourth-order valence-corrected chi connectivity index (χ4v) is 2.38. The summed E-state index contributed by atoms with van der Waals surface area (Å²) in [6.45, 7) is 6.08. The van der Waals surface area contributed by atoms with Crippen molar-refractivity contribution >= 4 is 5.69 Å². The predicted molar refractivity (Wildman–Crippen MR) is 79.7 cm³/mol. The lowest BCUT2D eigenvalue weighted by molar-refractivity contribution is 0.630. The Labute approximate surface area is 114 Å². The number of hydrogen-bond acceptors (Lipinski definition) is 1. The van der Waals surface area contributed by atoms with E-state index in [0.29, 0.717) is 11.3 Å². The molecular formula is C17H20FN. The monoisotopic (exact) mass is 257 g/mol. The van der Waals surface area contributed by atoms with Crippen LogP contribution in [0.3, 0.4) is 0 Å². The van der Waals surface area contributed by atoms with Gasteiger partial charge in [-0.05, 0) is 54.2 Å². The first-order chi connectivity index (χ1) is 9.06. The van der Waals surface area contributed by atoms with Crippen molar-refractivity contribution in [1.29, 1.82) is 0 Å². The van der Waals surface area contributed by atoms with Crippen molar-refractivity contribution in [2.75, 3.05) is 5.73 Å². The van der Waals surface area contributed by atoms with Crippen molar-refractivity contribution < 1.29 is 4.39 Å². The van der Waals surface area contributed by atoms with E-state index in [0.717, 1.165) is 24.0 Å². The number of halogens is 1. The summed E-state index contributed by atoms with van der Waals surface area (Å²) in [6.07, 6.45) is 1.96. The number of nitrogens with two attached hydrogens (primary N) is 1. The summed E-state index contributed by atoms with van der Waals surface area (Å²) in [5.74, 6) is -0.210. The number of benzene rings is 2. The molecule has 0 aliphatic heterocycles. The van der Waals surface area contributed by atoms with Gasteiger partial charge in [0.25, 0.3) is 0 Å². The molecule has 0 heterocycles. The highest BCUT2D eigenvalue weighted by Crippen LogP contribution is 2.29. The zero-order valence-corrected chi connectivity index (χ0v) is 11.8. The maximum atomic E-state index is 14.1. The molecule has 1 nitrogen and oxygen atoms in total. The maximum Gasteiger partial charge on any atom is 0.131 e. The minimum atomic E-state index is -0.210. The average Bonchev–Trinajstić information content (AvgIpc) is 2.42. The summed E-state index contributed by atoms with van der Waals surface area (Å²) in [4.78, 5) is 0. The van der Waals surface area contributed by atoms with Crippen molar-refractivity contribution in [2.45, 2.75) is 33.6 Å². The van der Waals surface area contributed by atoms with Gasteiger partial charge in [0.05, 0.1) is 0 Å². The molecule has 0 aliphatic carbocycles. The first-order valence-electron chi connectivity index (χ1n) is 6.74. The fourth-order valence-electron chi connectivity index (χ4n) is 2.38. The quantitative estimate of drug-likeness (QED) is 0.804. The molecule has 100 valence electrons. The van der Waals surface area contributed by atoms with Crippen LogP contribution in [-0.2, 0) is 12.8 Å². The highest BCUT2D eigenvalue weighted by molar-refractivity contribution is 5.70. The molecule has 2 aromatic carbocycles. The summed E-state index contributed by atoms with van der Waals surface area (Å²) in [5.41, 5.74) is 11.4. The molecule has 0 unspecified atom stereocenters. The molecule has 0 atom stereocenters. The van der Waals surface area contributed by atoms with Gasteiger partial charge in [0.15, 0.2) is 0 Å². The Bertz CT molecular complexity index is 602. The Kier molecular flexibility index (Phi) is 3.89. The van der Waals surface area contributed by atoms with Crippen molar-refractivity contribution in [2.24, 2.45) is 0 Å². The Morgan fingerprint density at radius 1 is 1.00 bits per heavy atom. The van der Waals surface area contributed by atoms with Gasteiger partial charge in [-0.3, -0.25) is 0 Å². The SMILES string of the molecule is CCc1ccc(-c2cc(N)c(C)cc2F)cc1CC. The standard InChI is InChI=1S/C17H20FN/c1-4-12-6-7-14(9-13(12)5-2)15-10-17(19)11(3)8-16(15)18/h6-10H,4-5,19H2,1-3H3. The first-order valence-corrected chi connectivity index (χ1v) is 6.74. The molecule has 0 fully saturated rings. The van der Waals surface area contributed by atoms with E-state index in [1.807, 2.05) is 13.0 Å². The van der Waals surface area contributed by atoms with E-state index in [1.165, 1.54) is 17.2 Å². The summed E-state index contributed by atoms with van der Waals surface area (Å²) < 4.78 is 14.1. The van der Waals surface area contributed by atoms with Crippen LogP contribution in [0, 0.1) is 12.7 Å². The molecule has 0 amide bonds. The summed E-state index contributed by atoms with van der Waals surface area (Å²) in [5, 5.41) is 0. The van der Waals surface area contributed by atoms with Gasteiger partial charge in [-0.25, -0.2) is 4.39 Å². The second kappa shape index (κ2) is 5.43. The molecule has 19 heavy (non-hydrogen) atoms.